The van der Waals surface area contributed by atoms with Crippen LogP contribution in [0.4, 0.5) is 0 Å². The summed E-state index contributed by atoms with van der Waals surface area (Å²) in [7, 11) is 0. The SMILES string of the molecule is CSc1ccccc1.N#C[S-]. The average molecular weight is 182 g/mol. The molecule has 0 saturated carbocycles. The first kappa shape index (κ1) is 10.3. The Hall–Kier alpha value is -0.720. The highest BCUT2D eigenvalue weighted by molar-refractivity contribution is 7.98. The average Bonchev–Trinajstić information content (AvgIpc) is 2.08. The van der Waals surface area contributed by atoms with E-state index < -0.39 is 0 Å². The number of hydrogen-bond donors (Lipinski definition) is 0. The van der Waals surface area contributed by atoms with E-state index >= 15 is 0 Å². The Morgan fingerprint density at radius 1 is 1.36 bits per heavy atom. The van der Waals surface area contributed by atoms with Crippen LogP contribution in [0.25, 0.3) is 0 Å². The largest absolute Gasteiger partial charge is 0.696 e. The van der Waals surface area contributed by atoms with E-state index in [4.69, 9.17) is 5.26 Å². The second-order valence-electron chi connectivity index (χ2n) is 1.61. The van der Waals surface area contributed by atoms with Crippen molar-refractivity contribution in [3.05, 3.63) is 30.3 Å². The van der Waals surface area contributed by atoms with Crippen molar-refractivity contribution in [1.82, 2.24) is 0 Å². The van der Waals surface area contributed by atoms with E-state index in [9.17, 15) is 0 Å². The predicted octanol–water partition coefficient (Wildman–Crippen LogP) is 2.42. The van der Waals surface area contributed by atoms with E-state index in [-0.39, 0.29) is 0 Å². The molecule has 0 aliphatic rings. The van der Waals surface area contributed by atoms with Gasteiger partial charge in [0.1, 0.15) is 0 Å². The summed E-state index contributed by atoms with van der Waals surface area (Å²) in [6.45, 7) is 0. The first-order valence-electron chi connectivity index (χ1n) is 2.95. The highest BCUT2D eigenvalue weighted by Crippen LogP contribution is 2.11. The van der Waals surface area contributed by atoms with Crippen LogP contribution >= 0.6 is 11.8 Å². The molecule has 1 aromatic carbocycles. The van der Waals surface area contributed by atoms with Gasteiger partial charge >= 0.3 is 0 Å². The zero-order valence-corrected chi connectivity index (χ0v) is 7.78. The molecular formula is C8H8NS2-. The van der Waals surface area contributed by atoms with E-state index in [2.05, 4.69) is 31.0 Å². The molecule has 0 aromatic heterocycles. The summed E-state index contributed by atoms with van der Waals surface area (Å²) in [5, 5.41) is 8.47. The van der Waals surface area contributed by atoms with Crippen molar-refractivity contribution in [3.63, 3.8) is 0 Å². The lowest BCUT2D eigenvalue weighted by Gasteiger charge is -1.89. The molecule has 0 amide bonds. The molecule has 1 nitrogen and oxygen atoms in total. The molecule has 0 atom stereocenters. The van der Waals surface area contributed by atoms with E-state index in [0.29, 0.717) is 0 Å². The Morgan fingerprint density at radius 3 is 2.09 bits per heavy atom. The first-order chi connectivity index (χ1) is 5.35. The zero-order chi connectivity index (χ0) is 8.53. The van der Waals surface area contributed by atoms with Crippen LogP contribution in [0.5, 0.6) is 0 Å². The third-order valence-corrected chi connectivity index (χ3v) is 1.72. The van der Waals surface area contributed by atoms with Gasteiger partial charge in [-0.3, -0.25) is 0 Å². The second-order valence-corrected chi connectivity index (χ2v) is 2.67. The normalized spacial score (nSPS) is 7.27. The summed E-state index contributed by atoms with van der Waals surface area (Å²) in [6, 6.07) is 10.3. The molecule has 11 heavy (non-hydrogen) atoms. The van der Waals surface area contributed by atoms with Crippen molar-refractivity contribution in [3.8, 4) is 5.40 Å². The van der Waals surface area contributed by atoms with Crippen LogP contribution in [0.3, 0.4) is 0 Å². The van der Waals surface area contributed by atoms with Crippen molar-refractivity contribution in [2.45, 2.75) is 4.90 Å². The Bertz CT molecular complexity index is 215. The third kappa shape index (κ3) is 5.71. The molecule has 58 valence electrons. The molecule has 0 fully saturated rings. The second kappa shape index (κ2) is 7.39. The lowest BCUT2D eigenvalue weighted by Crippen LogP contribution is -1.62. The minimum atomic E-state index is 1.33. The Kier molecular flexibility index (Phi) is 6.90. The van der Waals surface area contributed by atoms with Crippen LogP contribution in [-0.2, 0) is 12.6 Å². The number of nitriles is 1. The Labute approximate surface area is 76.8 Å². The van der Waals surface area contributed by atoms with Crippen LogP contribution in [-0.4, -0.2) is 6.26 Å². The summed E-state index contributed by atoms with van der Waals surface area (Å²) >= 11 is 5.47. The summed E-state index contributed by atoms with van der Waals surface area (Å²) in [5.74, 6) is 0. The van der Waals surface area contributed by atoms with Gasteiger partial charge in [-0.05, 0) is 18.4 Å². The van der Waals surface area contributed by atoms with Gasteiger partial charge in [0.15, 0.2) is 0 Å². The minimum absolute atomic E-state index is 1.33. The predicted molar refractivity (Wildman–Crippen MR) is 51.2 cm³/mol. The monoisotopic (exact) mass is 182 g/mol. The van der Waals surface area contributed by atoms with Gasteiger partial charge in [0.05, 0.1) is 0 Å². The molecule has 0 radical (unpaired) electrons. The van der Waals surface area contributed by atoms with E-state index in [1.807, 2.05) is 18.2 Å². The molecule has 0 N–H and O–H groups in total. The highest BCUT2D eigenvalue weighted by Gasteiger charge is 1.80. The smallest absolute Gasteiger partial charge is 0.00691 e. The fourth-order valence-corrected chi connectivity index (χ4v) is 0.986. The number of rotatable bonds is 1. The molecule has 0 bridgehead atoms. The van der Waals surface area contributed by atoms with Gasteiger partial charge in [-0.1, -0.05) is 23.6 Å². The lowest BCUT2D eigenvalue weighted by molar-refractivity contribution is 1.47. The van der Waals surface area contributed by atoms with Gasteiger partial charge in [0.2, 0.25) is 0 Å². The van der Waals surface area contributed by atoms with Crippen LogP contribution in [0.15, 0.2) is 35.2 Å². The molecule has 3 heteroatoms. The topological polar surface area (TPSA) is 23.8 Å². The fraction of sp³-hybridized carbons (Fsp3) is 0.125. The third-order valence-electron chi connectivity index (χ3n) is 0.979. The molecule has 0 saturated heterocycles. The zero-order valence-electron chi connectivity index (χ0n) is 6.15. The number of benzene rings is 1. The van der Waals surface area contributed by atoms with E-state index in [0.717, 1.165) is 0 Å². The Balaban J connectivity index is 0.000000292. The molecule has 1 rings (SSSR count). The minimum Gasteiger partial charge on any atom is -0.696 e. The maximum Gasteiger partial charge on any atom is 0.00691 e. The molecule has 0 aliphatic heterocycles. The Morgan fingerprint density at radius 2 is 1.82 bits per heavy atom. The van der Waals surface area contributed by atoms with Crippen molar-refractivity contribution in [2.75, 3.05) is 6.26 Å². The lowest BCUT2D eigenvalue weighted by atomic mass is 10.4. The molecule has 0 unspecified atom stereocenters. The highest BCUT2D eigenvalue weighted by atomic mass is 32.2. The molecule has 0 spiro atoms. The standard InChI is InChI=1S/C7H8S.CHNS/c1-8-7-5-3-2-4-6-7;2-1-3/h2-6H,1H3;3H/p-1. The van der Waals surface area contributed by atoms with Crippen LogP contribution in [0, 0.1) is 10.7 Å². The van der Waals surface area contributed by atoms with Crippen molar-refractivity contribution >= 4 is 24.4 Å². The summed E-state index contributed by atoms with van der Waals surface area (Å²) < 4.78 is 0. The van der Waals surface area contributed by atoms with Crippen LogP contribution in [0.1, 0.15) is 0 Å². The fourth-order valence-electron chi connectivity index (χ4n) is 0.557. The van der Waals surface area contributed by atoms with E-state index in [1.165, 1.54) is 10.3 Å². The van der Waals surface area contributed by atoms with Crippen molar-refractivity contribution in [1.29, 1.82) is 5.26 Å². The van der Waals surface area contributed by atoms with Crippen LogP contribution < -0.4 is 0 Å². The summed E-state index contributed by atoms with van der Waals surface area (Å²) in [4.78, 5) is 1.33. The summed E-state index contributed by atoms with van der Waals surface area (Å²) in [5.41, 5.74) is 0. The van der Waals surface area contributed by atoms with Crippen molar-refractivity contribution < 1.29 is 0 Å². The maximum absolute atomic E-state index is 7.13. The van der Waals surface area contributed by atoms with Gasteiger partial charge in [0, 0.05) is 4.90 Å². The molecule has 0 aliphatic carbocycles. The molecule has 1 aromatic rings. The van der Waals surface area contributed by atoms with Gasteiger partial charge in [-0.25, -0.2) is 5.26 Å². The number of nitrogens with zero attached hydrogens (tertiary/aromatic N) is 1. The van der Waals surface area contributed by atoms with Gasteiger partial charge in [0.25, 0.3) is 0 Å². The number of thioether (sulfide) groups is 1. The summed E-state index contributed by atoms with van der Waals surface area (Å²) in [6.07, 6.45) is 2.08. The van der Waals surface area contributed by atoms with Gasteiger partial charge in [-0.15, -0.1) is 11.8 Å². The maximum atomic E-state index is 7.13. The van der Waals surface area contributed by atoms with Crippen LogP contribution in [0.2, 0.25) is 0 Å². The first-order valence-corrected chi connectivity index (χ1v) is 4.58. The number of hydrogen-bond acceptors (Lipinski definition) is 3. The van der Waals surface area contributed by atoms with E-state index in [1.54, 1.807) is 11.8 Å². The van der Waals surface area contributed by atoms with Crippen molar-refractivity contribution in [2.24, 2.45) is 0 Å². The number of thiocyanates is 1. The quantitative estimate of drug-likeness (QED) is 0.378. The molecule has 0 heterocycles. The van der Waals surface area contributed by atoms with Gasteiger partial charge < -0.3 is 12.6 Å². The van der Waals surface area contributed by atoms with Gasteiger partial charge in [-0.2, -0.15) is 0 Å². The molecular weight excluding hydrogens is 174 g/mol.